The lowest BCUT2D eigenvalue weighted by Crippen LogP contribution is -2.15. The molecule has 8 heteroatoms. The van der Waals surface area contributed by atoms with Gasteiger partial charge >= 0.3 is 5.97 Å². The molecule has 0 atom stereocenters. The minimum Gasteiger partial charge on any atom is -0.481 e. The second kappa shape index (κ2) is 6.17. The second-order valence-electron chi connectivity index (χ2n) is 4.30. The third kappa shape index (κ3) is 3.84. The fraction of sp³-hybridized carbons (Fsp3) is 0.154. The zero-order chi connectivity index (χ0) is 15.6. The molecule has 0 unspecified atom stereocenters. The van der Waals surface area contributed by atoms with Crippen molar-refractivity contribution in [3.05, 3.63) is 44.6 Å². The second-order valence-corrected chi connectivity index (χ2v) is 8.59. The summed E-state index contributed by atoms with van der Waals surface area (Å²) >= 11 is 4.58. The SMILES string of the molecule is Cc1sc(Br)cc1S(=O)(=O)Nc1ccccc1CC(=O)O. The Balaban J connectivity index is 2.37. The van der Waals surface area contributed by atoms with E-state index in [4.69, 9.17) is 5.11 Å². The summed E-state index contributed by atoms with van der Waals surface area (Å²) in [6.07, 6.45) is -0.245. The zero-order valence-corrected chi connectivity index (χ0v) is 14.2. The summed E-state index contributed by atoms with van der Waals surface area (Å²) in [5.41, 5.74) is 0.696. The van der Waals surface area contributed by atoms with E-state index in [2.05, 4.69) is 20.7 Å². The van der Waals surface area contributed by atoms with Crippen LogP contribution in [0, 0.1) is 6.92 Å². The van der Waals surface area contributed by atoms with Crippen LogP contribution in [0.25, 0.3) is 0 Å². The van der Waals surface area contributed by atoms with Crippen molar-refractivity contribution in [2.75, 3.05) is 4.72 Å². The van der Waals surface area contributed by atoms with Crippen LogP contribution in [0.15, 0.2) is 39.0 Å². The Labute approximate surface area is 134 Å². The van der Waals surface area contributed by atoms with Gasteiger partial charge in [-0.05, 0) is 40.5 Å². The number of carboxylic acid groups (broad SMARTS) is 1. The van der Waals surface area contributed by atoms with Crippen LogP contribution >= 0.6 is 27.3 Å². The Morgan fingerprint density at radius 1 is 1.38 bits per heavy atom. The summed E-state index contributed by atoms with van der Waals surface area (Å²) in [6.45, 7) is 1.72. The Bertz CT molecular complexity index is 783. The maximum atomic E-state index is 12.4. The number of rotatable bonds is 5. The van der Waals surface area contributed by atoms with Crippen LogP contribution < -0.4 is 4.72 Å². The summed E-state index contributed by atoms with van der Waals surface area (Å²) in [5, 5.41) is 8.87. The number of aliphatic carboxylic acids is 1. The van der Waals surface area contributed by atoms with Gasteiger partial charge in [-0.15, -0.1) is 11.3 Å². The van der Waals surface area contributed by atoms with Gasteiger partial charge in [0.2, 0.25) is 0 Å². The molecule has 0 aliphatic rings. The third-order valence-corrected chi connectivity index (χ3v) is 5.91. The molecule has 0 spiro atoms. The fourth-order valence-electron chi connectivity index (χ4n) is 1.83. The van der Waals surface area contributed by atoms with E-state index in [1.54, 1.807) is 31.2 Å². The van der Waals surface area contributed by atoms with Crippen LogP contribution in [0.4, 0.5) is 5.69 Å². The van der Waals surface area contributed by atoms with Crippen LogP contribution in [0.2, 0.25) is 0 Å². The van der Waals surface area contributed by atoms with Crippen molar-refractivity contribution in [3.8, 4) is 0 Å². The topological polar surface area (TPSA) is 83.5 Å². The number of halogens is 1. The minimum absolute atomic E-state index is 0.185. The molecule has 21 heavy (non-hydrogen) atoms. The monoisotopic (exact) mass is 389 g/mol. The van der Waals surface area contributed by atoms with Gasteiger partial charge in [-0.1, -0.05) is 18.2 Å². The van der Waals surface area contributed by atoms with Gasteiger partial charge < -0.3 is 5.11 Å². The molecule has 0 bridgehead atoms. The number of anilines is 1. The Kier molecular flexibility index (Phi) is 4.70. The predicted molar refractivity (Wildman–Crippen MR) is 85.3 cm³/mol. The van der Waals surface area contributed by atoms with E-state index in [1.807, 2.05) is 0 Å². The number of thiophene rings is 1. The van der Waals surface area contributed by atoms with Crippen molar-refractivity contribution in [2.24, 2.45) is 0 Å². The number of sulfonamides is 1. The van der Waals surface area contributed by atoms with Gasteiger partial charge in [-0.3, -0.25) is 9.52 Å². The molecular formula is C13H12BrNO4S2. The Hall–Kier alpha value is -1.38. The fourth-order valence-corrected chi connectivity index (χ4v) is 5.35. The molecule has 0 amide bonds. The Morgan fingerprint density at radius 3 is 2.62 bits per heavy atom. The highest BCUT2D eigenvalue weighted by molar-refractivity contribution is 9.11. The number of benzene rings is 1. The molecule has 0 saturated carbocycles. The average Bonchev–Trinajstić information content (AvgIpc) is 2.71. The summed E-state index contributed by atoms with van der Waals surface area (Å²) in [6, 6.07) is 7.99. The molecule has 1 aromatic heterocycles. The van der Waals surface area contributed by atoms with Crippen LogP contribution in [-0.4, -0.2) is 19.5 Å². The maximum absolute atomic E-state index is 12.4. The summed E-state index contributed by atoms with van der Waals surface area (Å²) in [5.74, 6) is -1.02. The normalized spacial score (nSPS) is 11.3. The third-order valence-electron chi connectivity index (χ3n) is 2.74. The predicted octanol–water partition coefficient (Wildman–Crippen LogP) is 3.25. The van der Waals surface area contributed by atoms with E-state index in [9.17, 15) is 13.2 Å². The molecule has 5 nitrogen and oxygen atoms in total. The lowest BCUT2D eigenvalue weighted by molar-refractivity contribution is -0.136. The van der Waals surface area contributed by atoms with E-state index >= 15 is 0 Å². The number of hydrogen-bond acceptors (Lipinski definition) is 4. The Morgan fingerprint density at radius 2 is 2.05 bits per heavy atom. The molecular weight excluding hydrogens is 378 g/mol. The number of hydrogen-bond donors (Lipinski definition) is 2. The van der Waals surface area contributed by atoms with E-state index in [0.29, 0.717) is 10.4 Å². The van der Waals surface area contributed by atoms with Gasteiger partial charge in [0.1, 0.15) is 4.90 Å². The van der Waals surface area contributed by atoms with E-state index in [1.165, 1.54) is 17.4 Å². The molecule has 1 aromatic carbocycles. The van der Waals surface area contributed by atoms with Crippen molar-refractivity contribution in [1.82, 2.24) is 0 Å². The quantitative estimate of drug-likeness (QED) is 0.821. The molecule has 0 radical (unpaired) electrons. The summed E-state index contributed by atoms with van der Waals surface area (Å²) < 4.78 is 28.0. The summed E-state index contributed by atoms with van der Waals surface area (Å²) in [4.78, 5) is 11.7. The molecule has 2 N–H and O–H groups in total. The van der Waals surface area contributed by atoms with Crippen molar-refractivity contribution in [3.63, 3.8) is 0 Å². The highest BCUT2D eigenvalue weighted by Crippen LogP contribution is 2.31. The molecule has 0 fully saturated rings. The number of para-hydroxylation sites is 1. The van der Waals surface area contributed by atoms with E-state index in [0.717, 1.165) is 3.79 Å². The number of nitrogens with one attached hydrogen (secondary N) is 1. The standard InChI is InChI=1S/C13H12BrNO4S2/c1-8-11(7-12(14)20-8)21(18,19)15-10-5-3-2-4-9(10)6-13(16)17/h2-5,7,15H,6H2,1H3,(H,16,17). The van der Waals surface area contributed by atoms with Gasteiger partial charge in [0.15, 0.2) is 0 Å². The molecule has 1 heterocycles. The van der Waals surface area contributed by atoms with Gasteiger partial charge in [0.25, 0.3) is 10.0 Å². The molecule has 0 aliphatic heterocycles. The molecule has 2 rings (SSSR count). The molecule has 2 aromatic rings. The highest BCUT2D eigenvalue weighted by atomic mass is 79.9. The minimum atomic E-state index is -3.74. The van der Waals surface area contributed by atoms with Crippen molar-refractivity contribution >= 4 is 48.9 Å². The first-order chi connectivity index (χ1) is 9.79. The number of carbonyl (C=O) groups is 1. The first-order valence-corrected chi connectivity index (χ1v) is 8.97. The van der Waals surface area contributed by atoms with Crippen LogP contribution in [0.3, 0.4) is 0 Å². The zero-order valence-electron chi connectivity index (χ0n) is 11.0. The van der Waals surface area contributed by atoms with Gasteiger partial charge in [0.05, 0.1) is 15.9 Å². The van der Waals surface area contributed by atoms with E-state index < -0.39 is 16.0 Å². The first kappa shape index (κ1) is 16.0. The van der Waals surface area contributed by atoms with Gasteiger partial charge in [0, 0.05) is 4.88 Å². The lowest BCUT2D eigenvalue weighted by Gasteiger charge is -2.11. The van der Waals surface area contributed by atoms with Crippen molar-refractivity contribution in [1.29, 1.82) is 0 Å². The average molecular weight is 390 g/mol. The van der Waals surface area contributed by atoms with Gasteiger partial charge in [-0.25, -0.2) is 8.42 Å². The number of aryl methyl sites for hydroxylation is 1. The first-order valence-electron chi connectivity index (χ1n) is 5.88. The largest absolute Gasteiger partial charge is 0.481 e. The molecule has 0 aliphatic carbocycles. The smallest absolute Gasteiger partial charge is 0.307 e. The number of carboxylic acids is 1. The van der Waals surface area contributed by atoms with Gasteiger partial charge in [-0.2, -0.15) is 0 Å². The van der Waals surface area contributed by atoms with Crippen molar-refractivity contribution < 1.29 is 18.3 Å². The summed E-state index contributed by atoms with van der Waals surface area (Å²) in [7, 11) is -3.74. The van der Waals surface area contributed by atoms with Crippen LogP contribution in [0.1, 0.15) is 10.4 Å². The maximum Gasteiger partial charge on any atom is 0.307 e. The van der Waals surface area contributed by atoms with Crippen molar-refractivity contribution in [2.45, 2.75) is 18.2 Å². The van der Waals surface area contributed by atoms with E-state index in [-0.39, 0.29) is 17.0 Å². The van der Waals surface area contributed by atoms with Crippen LogP contribution in [0.5, 0.6) is 0 Å². The molecule has 0 saturated heterocycles. The van der Waals surface area contributed by atoms with Crippen LogP contribution in [-0.2, 0) is 21.2 Å². The molecule has 112 valence electrons. The highest BCUT2D eigenvalue weighted by Gasteiger charge is 2.21. The lowest BCUT2D eigenvalue weighted by atomic mass is 10.1.